The van der Waals surface area contributed by atoms with E-state index in [1.807, 2.05) is 12.4 Å². The van der Waals surface area contributed by atoms with Crippen LogP contribution in [-0.2, 0) is 0 Å². The van der Waals surface area contributed by atoms with Crippen LogP contribution in [0.5, 0.6) is 0 Å². The lowest BCUT2D eigenvalue weighted by Gasteiger charge is -2.05. The van der Waals surface area contributed by atoms with Gasteiger partial charge < -0.3 is 5.73 Å². The third-order valence-corrected chi connectivity index (χ3v) is 2.99. The number of aryl methyl sites for hydroxylation is 1. The topological polar surface area (TPSA) is 38.9 Å². The molecule has 0 aliphatic heterocycles. The molecular formula is C11H16N2. The number of aromatic nitrogens is 1. The van der Waals surface area contributed by atoms with Crippen LogP contribution < -0.4 is 5.73 Å². The molecule has 2 nitrogen and oxygen atoms in total. The highest BCUT2D eigenvalue weighted by molar-refractivity contribution is 5.31. The van der Waals surface area contributed by atoms with Gasteiger partial charge in [0.05, 0.1) is 0 Å². The molecule has 2 heteroatoms. The van der Waals surface area contributed by atoms with E-state index < -0.39 is 0 Å². The van der Waals surface area contributed by atoms with Gasteiger partial charge in [-0.05, 0) is 49.3 Å². The van der Waals surface area contributed by atoms with Crippen molar-refractivity contribution in [3.63, 3.8) is 0 Å². The average molecular weight is 176 g/mol. The maximum atomic E-state index is 5.86. The molecule has 3 atom stereocenters. The molecule has 0 spiro atoms. The fraction of sp³-hybridized carbons (Fsp3) is 0.545. The van der Waals surface area contributed by atoms with Gasteiger partial charge in [-0.25, -0.2) is 0 Å². The largest absolute Gasteiger partial charge is 0.328 e. The van der Waals surface area contributed by atoms with Crippen molar-refractivity contribution >= 4 is 0 Å². The molecule has 1 aromatic heterocycles. The summed E-state index contributed by atoms with van der Waals surface area (Å²) in [6, 6.07) is 2.40. The zero-order valence-electron chi connectivity index (χ0n) is 8.20. The van der Waals surface area contributed by atoms with Gasteiger partial charge in [-0.15, -0.1) is 0 Å². The Balaban J connectivity index is 2.16. The molecule has 13 heavy (non-hydrogen) atoms. The lowest BCUT2D eigenvalue weighted by molar-refractivity contribution is 0.630. The molecule has 2 rings (SSSR count). The molecule has 70 valence electrons. The number of pyridine rings is 1. The number of rotatable bonds is 2. The molecule has 0 saturated heterocycles. The van der Waals surface area contributed by atoms with E-state index in [4.69, 9.17) is 5.73 Å². The first-order valence-electron chi connectivity index (χ1n) is 4.86. The highest BCUT2D eigenvalue weighted by atomic mass is 14.7. The number of hydrogen-bond acceptors (Lipinski definition) is 2. The standard InChI is InChI=1S/C11H16N2/c1-7-3-4-13-6-11(7)10-5-9(10)8(2)12/h3-4,6,8-10H,5,12H2,1-2H3. The van der Waals surface area contributed by atoms with Crippen LogP contribution in [-0.4, -0.2) is 11.0 Å². The summed E-state index contributed by atoms with van der Waals surface area (Å²) in [4.78, 5) is 4.16. The maximum Gasteiger partial charge on any atom is 0.0305 e. The molecule has 0 bridgehead atoms. The summed E-state index contributed by atoms with van der Waals surface area (Å²) in [5, 5.41) is 0. The van der Waals surface area contributed by atoms with E-state index in [-0.39, 0.29) is 0 Å². The molecule has 1 aliphatic carbocycles. The molecular weight excluding hydrogens is 160 g/mol. The number of nitrogens with zero attached hydrogens (tertiary/aromatic N) is 1. The van der Waals surface area contributed by atoms with Gasteiger partial charge in [0, 0.05) is 18.4 Å². The summed E-state index contributed by atoms with van der Waals surface area (Å²) in [5.74, 6) is 1.36. The smallest absolute Gasteiger partial charge is 0.0305 e. The third-order valence-electron chi connectivity index (χ3n) is 2.99. The lowest BCUT2D eigenvalue weighted by atomic mass is 10.0. The van der Waals surface area contributed by atoms with Crippen LogP contribution in [0.2, 0.25) is 0 Å². The van der Waals surface area contributed by atoms with E-state index in [9.17, 15) is 0 Å². The van der Waals surface area contributed by atoms with Crippen LogP contribution in [0.25, 0.3) is 0 Å². The van der Waals surface area contributed by atoms with Gasteiger partial charge in [-0.1, -0.05) is 0 Å². The van der Waals surface area contributed by atoms with Crippen molar-refractivity contribution in [1.29, 1.82) is 0 Å². The minimum Gasteiger partial charge on any atom is -0.328 e. The van der Waals surface area contributed by atoms with E-state index >= 15 is 0 Å². The Kier molecular flexibility index (Phi) is 2.08. The highest BCUT2D eigenvalue weighted by Gasteiger charge is 2.41. The Labute approximate surface area is 79.2 Å². The fourth-order valence-electron chi connectivity index (χ4n) is 2.02. The van der Waals surface area contributed by atoms with E-state index in [0.29, 0.717) is 17.9 Å². The predicted octanol–water partition coefficient (Wildman–Crippen LogP) is 1.84. The molecule has 1 saturated carbocycles. The second kappa shape index (κ2) is 3.11. The molecule has 1 fully saturated rings. The van der Waals surface area contributed by atoms with Crippen LogP contribution in [0, 0.1) is 12.8 Å². The molecule has 2 N–H and O–H groups in total. The Morgan fingerprint density at radius 3 is 2.92 bits per heavy atom. The molecule has 0 radical (unpaired) electrons. The van der Waals surface area contributed by atoms with Gasteiger partial charge in [0.2, 0.25) is 0 Å². The Hall–Kier alpha value is -0.890. The van der Waals surface area contributed by atoms with Gasteiger partial charge in [0.1, 0.15) is 0 Å². The van der Waals surface area contributed by atoms with Crippen LogP contribution in [0.1, 0.15) is 30.4 Å². The van der Waals surface area contributed by atoms with Crippen molar-refractivity contribution in [2.45, 2.75) is 32.2 Å². The first-order chi connectivity index (χ1) is 6.20. The summed E-state index contributed by atoms with van der Waals surface area (Å²) >= 11 is 0. The van der Waals surface area contributed by atoms with Gasteiger partial charge in [-0.2, -0.15) is 0 Å². The summed E-state index contributed by atoms with van der Waals surface area (Å²) in [6.07, 6.45) is 5.08. The van der Waals surface area contributed by atoms with E-state index in [1.165, 1.54) is 17.5 Å². The summed E-state index contributed by atoms with van der Waals surface area (Å²) in [7, 11) is 0. The molecule has 3 unspecified atom stereocenters. The van der Waals surface area contributed by atoms with Gasteiger partial charge in [0.25, 0.3) is 0 Å². The molecule has 1 aromatic rings. The zero-order valence-corrected chi connectivity index (χ0v) is 8.20. The molecule has 1 heterocycles. The van der Waals surface area contributed by atoms with Crippen molar-refractivity contribution in [2.75, 3.05) is 0 Å². The fourth-order valence-corrected chi connectivity index (χ4v) is 2.02. The van der Waals surface area contributed by atoms with Gasteiger partial charge in [0.15, 0.2) is 0 Å². The van der Waals surface area contributed by atoms with Crippen molar-refractivity contribution in [3.05, 3.63) is 29.6 Å². The van der Waals surface area contributed by atoms with E-state index in [1.54, 1.807) is 0 Å². The van der Waals surface area contributed by atoms with Gasteiger partial charge in [-0.3, -0.25) is 4.98 Å². The number of nitrogens with two attached hydrogens (primary N) is 1. The third kappa shape index (κ3) is 1.59. The SMILES string of the molecule is Cc1ccncc1C1CC1C(C)N. The Morgan fingerprint density at radius 2 is 2.38 bits per heavy atom. The second-order valence-corrected chi connectivity index (χ2v) is 4.10. The first-order valence-corrected chi connectivity index (χ1v) is 4.86. The minimum absolute atomic E-state index is 0.324. The Bertz CT molecular complexity index is 307. The monoisotopic (exact) mass is 176 g/mol. The predicted molar refractivity (Wildman–Crippen MR) is 53.5 cm³/mol. The normalized spacial score (nSPS) is 28.5. The summed E-state index contributed by atoms with van der Waals surface area (Å²) < 4.78 is 0. The van der Waals surface area contributed by atoms with Crippen molar-refractivity contribution < 1.29 is 0 Å². The van der Waals surface area contributed by atoms with Crippen LogP contribution in [0.4, 0.5) is 0 Å². The molecule has 0 aromatic carbocycles. The second-order valence-electron chi connectivity index (χ2n) is 4.10. The minimum atomic E-state index is 0.324. The first kappa shape index (κ1) is 8.70. The quantitative estimate of drug-likeness (QED) is 0.746. The lowest BCUT2D eigenvalue weighted by Crippen LogP contribution is -2.18. The molecule has 0 amide bonds. The van der Waals surface area contributed by atoms with E-state index in [2.05, 4.69) is 24.9 Å². The maximum absolute atomic E-state index is 5.86. The summed E-state index contributed by atoms with van der Waals surface area (Å²) in [6.45, 7) is 4.24. The van der Waals surface area contributed by atoms with E-state index in [0.717, 1.165) is 0 Å². The van der Waals surface area contributed by atoms with Crippen LogP contribution in [0.3, 0.4) is 0 Å². The zero-order chi connectivity index (χ0) is 9.42. The highest BCUT2D eigenvalue weighted by Crippen LogP contribution is 2.49. The average Bonchev–Trinajstić information content (AvgIpc) is 2.84. The van der Waals surface area contributed by atoms with Crippen molar-refractivity contribution in [3.8, 4) is 0 Å². The van der Waals surface area contributed by atoms with Crippen LogP contribution in [0.15, 0.2) is 18.5 Å². The summed E-state index contributed by atoms with van der Waals surface area (Å²) in [5.41, 5.74) is 8.60. The van der Waals surface area contributed by atoms with Crippen molar-refractivity contribution in [1.82, 2.24) is 4.98 Å². The van der Waals surface area contributed by atoms with Crippen molar-refractivity contribution in [2.24, 2.45) is 11.7 Å². The Morgan fingerprint density at radius 1 is 1.62 bits per heavy atom. The van der Waals surface area contributed by atoms with Gasteiger partial charge >= 0.3 is 0 Å². The molecule has 1 aliphatic rings. The number of hydrogen-bond donors (Lipinski definition) is 1. The van der Waals surface area contributed by atoms with Crippen LogP contribution >= 0.6 is 0 Å².